The van der Waals surface area contributed by atoms with E-state index in [-0.39, 0.29) is 17.9 Å². The van der Waals surface area contributed by atoms with E-state index in [1.165, 1.54) is 28.4 Å². The van der Waals surface area contributed by atoms with Crippen molar-refractivity contribution in [1.29, 1.82) is 0 Å². The zero-order chi connectivity index (χ0) is 21.9. The molecule has 0 atom stereocenters. The van der Waals surface area contributed by atoms with Crippen LogP contribution in [0, 0.1) is 6.92 Å². The van der Waals surface area contributed by atoms with Gasteiger partial charge in [-0.15, -0.1) is 11.3 Å². The lowest BCUT2D eigenvalue weighted by molar-refractivity contribution is -0.137. The molecule has 2 amide bonds. The average Bonchev–Trinajstić information content (AvgIpc) is 3.35. The molecule has 0 aliphatic rings. The molecule has 158 valence electrons. The lowest BCUT2D eigenvalue weighted by atomic mass is 10.1. The molecule has 0 spiro atoms. The van der Waals surface area contributed by atoms with E-state index in [4.69, 9.17) is 4.42 Å². The molecule has 3 rings (SSSR count). The van der Waals surface area contributed by atoms with Crippen molar-refractivity contribution < 1.29 is 27.2 Å². The highest BCUT2D eigenvalue weighted by Crippen LogP contribution is 2.34. The highest BCUT2D eigenvalue weighted by molar-refractivity contribution is 7.13. The van der Waals surface area contributed by atoms with Crippen LogP contribution in [-0.4, -0.2) is 34.8 Å². The number of oxazole rings is 1. The molecule has 0 bridgehead atoms. The Morgan fingerprint density at radius 2 is 1.93 bits per heavy atom. The second-order valence-corrected chi connectivity index (χ2v) is 7.26. The first kappa shape index (κ1) is 21.6. The number of hydrogen-bond donors (Lipinski definition) is 1. The molecule has 0 aliphatic heterocycles. The van der Waals surface area contributed by atoms with Crippen LogP contribution >= 0.6 is 11.3 Å². The largest absolute Gasteiger partial charge is 0.440 e. The molecule has 2 heterocycles. The minimum Gasteiger partial charge on any atom is -0.440 e. The minimum absolute atomic E-state index is 0.0590. The van der Waals surface area contributed by atoms with Crippen LogP contribution in [0.5, 0.6) is 0 Å². The summed E-state index contributed by atoms with van der Waals surface area (Å²) in [4.78, 5) is 31.4. The van der Waals surface area contributed by atoms with Crippen LogP contribution in [0.25, 0.3) is 10.8 Å². The summed E-state index contributed by atoms with van der Waals surface area (Å²) >= 11 is 1.40. The van der Waals surface area contributed by atoms with Crippen LogP contribution in [0.2, 0.25) is 0 Å². The fraction of sp³-hybridized carbons (Fsp3) is 0.250. The van der Waals surface area contributed by atoms with E-state index in [2.05, 4.69) is 10.3 Å². The predicted octanol–water partition coefficient (Wildman–Crippen LogP) is 4.83. The number of carbonyl (C=O) groups is 2. The van der Waals surface area contributed by atoms with Gasteiger partial charge < -0.3 is 14.6 Å². The lowest BCUT2D eigenvalue weighted by Gasteiger charge is -2.20. The molecule has 0 radical (unpaired) electrons. The number of para-hydroxylation sites is 1. The van der Waals surface area contributed by atoms with Gasteiger partial charge in [0.25, 0.3) is 5.91 Å². The van der Waals surface area contributed by atoms with Crippen LogP contribution in [0.1, 0.15) is 28.7 Å². The number of amides is 2. The van der Waals surface area contributed by atoms with Gasteiger partial charge in [0.2, 0.25) is 11.8 Å². The number of aryl methyl sites for hydroxylation is 1. The maximum Gasteiger partial charge on any atom is 0.418 e. The average molecular weight is 437 g/mol. The van der Waals surface area contributed by atoms with Gasteiger partial charge in [-0.1, -0.05) is 18.2 Å². The van der Waals surface area contributed by atoms with E-state index in [1.807, 2.05) is 11.4 Å². The number of carbonyl (C=O) groups excluding carboxylic acids is 2. The SMILES string of the molecule is CCN(CC(=O)Nc1ccccc1C(F)(F)F)C(=O)c1nc(-c2cccs2)oc1C. The molecule has 30 heavy (non-hydrogen) atoms. The van der Waals surface area contributed by atoms with Gasteiger partial charge in [-0.05, 0) is 37.4 Å². The first-order valence-electron chi connectivity index (χ1n) is 8.97. The molecule has 0 fully saturated rings. The number of benzene rings is 1. The molecule has 0 saturated carbocycles. The summed E-state index contributed by atoms with van der Waals surface area (Å²) in [5.41, 5.74) is -1.26. The number of aromatic nitrogens is 1. The summed E-state index contributed by atoms with van der Waals surface area (Å²) in [5.74, 6) is -0.697. The van der Waals surface area contributed by atoms with Gasteiger partial charge in [-0.25, -0.2) is 4.98 Å². The number of anilines is 1. The van der Waals surface area contributed by atoms with Gasteiger partial charge in [0.15, 0.2) is 5.69 Å². The molecule has 1 aromatic carbocycles. The van der Waals surface area contributed by atoms with Crippen molar-refractivity contribution in [3.8, 4) is 10.8 Å². The van der Waals surface area contributed by atoms with Crippen LogP contribution in [0.3, 0.4) is 0 Å². The number of halogens is 3. The van der Waals surface area contributed by atoms with E-state index in [0.717, 1.165) is 17.0 Å². The van der Waals surface area contributed by atoms with Crippen LogP contribution in [-0.2, 0) is 11.0 Å². The zero-order valence-electron chi connectivity index (χ0n) is 16.1. The Morgan fingerprint density at radius 1 is 1.20 bits per heavy atom. The molecular formula is C20H18F3N3O3S. The maximum atomic E-state index is 13.1. The van der Waals surface area contributed by atoms with Gasteiger partial charge in [-0.2, -0.15) is 13.2 Å². The summed E-state index contributed by atoms with van der Waals surface area (Å²) in [5, 5.41) is 4.08. The second-order valence-electron chi connectivity index (χ2n) is 6.31. The Kier molecular flexibility index (Phi) is 6.25. The number of thiophene rings is 1. The van der Waals surface area contributed by atoms with E-state index < -0.39 is 30.1 Å². The van der Waals surface area contributed by atoms with Crippen molar-refractivity contribution in [2.45, 2.75) is 20.0 Å². The van der Waals surface area contributed by atoms with Crippen LogP contribution in [0.15, 0.2) is 46.2 Å². The summed E-state index contributed by atoms with van der Waals surface area (Å²) in [6, 6.07) is 8.28. The number of nitrogens with zero attached hydrogens (tertiary/aromatic N) is 2. The fourth-order valence-corrected chi connectivity index (χ4v) is 3.43. The Hall–Kier alpha value is -3.14. The Labute approximate surface area is 174 Å². The fourth-order valence-electron chi connectivity index (χ4n) is 2.78. The molecule has 1 N–H and O–H groups in total. The van der Waals surface area contributed by atoms with Gasteiger partial charge in [0.1, 0.15) is 12.3 Å². The number of nitrogens with one attached hydrogen (secondary N) is 1. The second kappa shape index (κ2) is 8.70. The summed E-state index contributed by atoms with van der Waals surface area (Å²) in [6.45, 7) is 2.98. The van der Waals surface area contributed by atoms with Crippen molar-refractivity contribution >= 4 is 28.8 Å². The minimum atomic E-state index is -4.61. The number of alkyl halides is 3. The normalized spacial score (nSPS) is 11.4. The highest BCUT2D eigenvalue weighted by atomic mass is 32.1. The van der Waals surface area contributed by atoms with E-state index >= 15 is 0 Å². The van der Waals surface area contributed by atoms with Crippen molar-refractivity contribution in [1.82, 2.24) is 9.88 Å². The van der Waals surface area contributed by atoms with Crippen LogP contribution in [0.4, 0.5) is 18.9 Å². The number of rotatable bonds is 6. The topological polar surface area (TPSA) is 75.4 Å². The van der Waals surface area contributed by atoms with Gasteiger partial charge in [0.05, 0.1) is 16.1 Å². The number of hydrogen-bond acceptors (Lipinski definition) is 5. The van der Waals surface area contributed by atoms with Gasteiger partial charge in [0, 0.05) is 6.54 Å². The van der Waals surface area contributed by atoms with E-state index in [1.54, 1.807) is 19.9 Å². The third kappa shape index (κ3) is 4.70. The van der Waals surface area contributed by atoms with Crippen molar-refractivity contribution in [3.63, 3.8) is 0 Å². The molecular weight excluding hydrogens is 419 g/mol. The van der Waals surface area contributed by atoms with Crippen molar-refractivity contribution in [2.75, 3.05) is 18.4 Å². The summed E-state index contributed by atoms with van der Waals surface area (Å²) < 4.78 is 44.9. The maximum absolute atomic E-state index is 13.1. The quantitative estimate of drug-likeness (QED) is 0.599. The standard InChI is InChI=1S/C20H18F3N3O3S/c1-3-26(11-16(27)24-14-8-5-4-7-13(14)20(21,22)23)19(28)17-12(2)29-18(25-17)15-9-6-10-30-15/h4-10H,3,11H2,1-2H3,(H,24,27). The predicted molar refractivity (Wildman–Crippen MR) is 106 cm³/mol. The Morgan fingerprint density at radius 3 is 2.57 bits per heavy atom. The third-order valence-corrected chi connectivity index (χ3v) is 5.10. The lowest BCUT2D eigenvalue weighted by Crippen LogP contribution is -2.38. The molecule has 10 heteroatoms. The monoisotopic (exact) mass is 437 g/mol. The molecule has 0 unspecified atom stereocenters. The van der Waals surface area contributed by atoms with Crippen molar-refractivity contribution in [2.24, 2.45) is 0 Å². The summed E-state index contributed by atoms with van der Waals surface area (Å²) in [7, 11) is 0. The van der Waals surface area contributed by atoms with Gasteiger partial charge in [-0.3, -0.25) is 9.59 Å². The highest BCUT2D eigenvalue weighted by Gasteiger charge is 2.34. The van der Waals surface area contributed by atoms with Crippen molar-refractivity contribution in [3.05, 3.63) is 58.8 Å². The van der Waals surface area contributed by atoms with E-state index in [9.17, 15) is 22.8 Å². The number of likely N-dealkylation sites (N-methyl/N-ethyl adjacent to an activating group) is 1. The first-order chi connectivity index (χ1) is 14.2. The molecule has 2 aromatic heterocycles. The zero-order valence-corrected chi connectivity index (χ0v) is 16.9. The smallest absolute Gasteiger partial charge is 0.418 e. The Bertz CT molecular complexity index is 1050. The molecule has 0 saturated heterocycles. The molecule has 6 nitrogen and oxygen atoms in total. The van der Waals surface area contributed by atoms with Crippen LogP contribution < -0.4 is 5.32 Å². The third-order valence-electron chi connectivity index (χ3n) is 4.24. The van der Waals surface area contributed by atoms with Gasteiger partial charge >= 0.3 is 6.18 Å². The molecule has 3 aromatic rings. The summed E-state index contributed by atoms with van der Waals surface area (Å²) in [6.07, 6.45) is -4.61. The molecule has 0 aliphatic carbocycles. The van der Waals surface area contributed by atoms with E-state index in [0.29, 0.717) is 11.7 Å². The first-order valence-corrected chi connectivity index (χ1v) is 9.85. The Balaban J connectivity index is 1.75.